The minimum absolute atomic E-state index is 0.00223. The predicted octanol–water partition coefficient (Wildman–Crippen LogP) is 2.76. The third kappa shape index (κ3) is 5.08. The minimum atomic E-state index is -0.485. The lowest BCUT2D eigenvalue weighted by molar-refractivity contribution is 0.0457. The maximum atomic E-state index is 11.9. The Morgan fingerprint density at radius 2 is 1.94 bits per heavy atom. The zero-order chi connectivity index (χ0) is 13.6. The average molecular weight is 255 g/mol. The van der Waals surface area contributed by atoms with Crippen molar-refractivity contribution in [2.45, 2.75) is 64.0 Å². The van der Waals surface area contributed by atoms with Crippen molar-refractivity contribution in [1.29, 1.82) is 0 Å². The molecule has 0 unspecified atom stereocenters. The molecule has 1 saturated carbocycles. The molecular weight excluding hydrogens is 230 g/mol. The molecule has 1 fully saturated rings. The number of aliphatic hydroxyl groups excluding tert-OH is 1. The molecule has 0 heterocycles. The molecule has 0 radical (unpaired) electrons. The molecule has 1 aliphatic carbocycles. The highest BCUT2D eigenvalue weighted by Gasteiger charge is 2.32. The highest BCUT2D eigenvalue weighted by atomic mass is 16.6. The van der Waals surface area contributed by atoms with Crippen LogP contribution in [0.25, 0.3) is 0 Å². The fraction of sp³-hybridized carbons (Fsp3) is 0.786. The molecule has 1 amide bonds. The Bertz CT molecular complexity index is 299. The zero-order valence-electron chi connectivity index (χ0n) is 11.7. The summed E-state index contributed by atoms with van der Waals surface area (Å²) in [4.78, 5) is 11.9. The largest absolute Gasteiger partial charge is 0.444 e. The Morgan fingerprint density at radius 3 is 2.44 bits per heavy atom. The van der Waals surface area contributed by atoms with E-state index in [-0.39, 0.29) is 18.2 Å². The monoisotopic (exact) mass is 255 g/mol. The standard InChI is InChI=1S/C14H25NO3/c1-13(2,3)18-12(17)15-14(10-7-11-16)8-5-4-6-9-14/h7,10,16H,4-6,8-9,11H2,1-3H3,(H,15,17)/b10-7+. The van der Waals surface area contributed by atoms with Crippen LogP contribution < -0.4 is 5.32 Å². The van der Waals surface area contributed by atoms with Gasteiger partial charge in [0.15, 0.2) is 0 Å². The second-order valence-electron chi connectivity index (χ2n) is 5.93. The third-order valence-corrected chi connectivity index (χ3v) is 3.04. The Hall–Kier alpha value is -1.03. The smallest absolute Gasteiger partial charge is 0.408 e. The fourth-order valence-electron chi connectivity index (χ4n) is 2.30. The van der Waals surface area contributed by atoms with E-state index in [9.17, 15) is 4.79 Å². The molecule has 0 aliphatic heterocycles. The first-order chi connectivity index (χ1) is 8.37. The lowest BCUT2D eigenvalue weighted by atomic mass is 9.81. The van der Waals surface area contributed by atoms with Crippen molar-refractivity contribution >= 4 is 6.09 Å². The van der Waals surface area contributed by atoms with Crippen LogP contribution in [0.3, 0.4) is 0 Å². The van der Waals surface area contributed by atoms with Crippen molar-refractivity contribution in [3.8, 4) is 0 Å². The zero-order valence-corrected chi connectivity index (χ0v) is 11.7. The van der Waals surface area contributed by atoms with E-state index in [2.05, 4.69) is 5.32 Å². The van der Waals surface area contributed by atoms with E-state index in [1.807, 2.05) is 26.8 Å². The molecule has 4 nitrogen and oxygen atoms in total. The van der Waals surface area contributed by atoms with Crippen molar-refractivity contribution in [2.24, 2.45) is 0 Å². The maximum absolute atomic E-state index is 11.9. The number of carbonyl (C=O) groups excluding carboxylic acids is 1. The van der Waals surface area contributed by atoms with Gasteiger partial charge in [-0.05, 0) is 33.6 Å². The third-order valence-electron chi connectivity index (χ3n) is 3.04. The highest BCUT2D eigenvalue weighted by molar-refractivity contribution is 5.69. The molecular formula is C14H25NO3. The number of aliphatic hydroxyl groups is 1. The van der Waals surface area contributed by atoms with Gasteiger partial charge in [0.1, 0.15) is 5.60 Å². The SMILES string of the molecule is CC(C)(C)OC(=O)NC1(/C=C/CO)CCCCC1. The van der Waals surface area contributed by atoms with Crippen LogP contribution in [0, 0.1) is 0 Å². The average Bonchev–Trinajstić information content (AvgIpc) is 2.25. The number of hydrogen-bond donors (Lipinski definition) is 2. The molecule has 1 aliphatic rings. The van der Waals surface area contributed by atoms with Gasteiger partial charge in [0.25, 0.3) is 0 Å². The summed E-state index contributed by atoms with van der Waals surface area (Å²) < 4.78 is 5.30. The molecule has 1 rings (SSSR count). The Kier molecular flexibility index (Phi) is 5.20. The Labute approximate surface area is 109 Å². The summed E-state index contributed by atoms with van der Waals surface area (Å²) in [5.41, 5.74) is -0.829. The van der Waals surface area contributed by atoms with E-state index in [4.69, 9.17) is 9.84 Å². The molecule has 0 aromatic heterocycles. The summed E-state index contributed by atoms with van der Waals surface area (Å²) >= 11 is 0. The summed E-state index contributed by atoms with van der Waals surface area (Å²) in [6.07, 6.45) is 8.42. The number of alkyl carbamates (subject to hydrolysis) is 1. The lowest BCUT2D eigenvalue weighted by Gasteiger charge is -2.36. The summed E-state index contributed by atoms with van der Waals surface area (Å²) in [6, 6.07) is 0. The van der Waals surface area contributed by atoms with Crippen LogP contribution in [0.1, 0.15) is 52.9 Å². The first-order valence-corrected chi connectivity index (χ1v) is 6.67. The molecule has 0 atom stereocenters. The molecule has 0 spiro atoms. The van der Waals surface area contributed by atoms with Gasteiger partial charge in [-0.1, -0.05) is 31.4 Å². The van der Waals surface area contributed by atoms with E-state index in [1.165, 1.54) is 6.42 Å². The van der Waals surface area contributed by atoms with Gasteiger partial charge in [0, 0.05) is 0 Å². The summed E-state index contributed by atoms with van der Waals surface area (Å²) in [7, 11) is 0. The van der Waals surface area contributed by atoms with E-state index < -0.39 is 5.60 Å². The number of carbonyl (C=O) groups is 1. The molecule has 18 heavy (non-hydrogen) atoms. The van der Waals surface area contributed by atoms with Crippen LogP contribution in [0.4, 0.5) is 4.79 Å². The quantitative estimate of drug-likeness (QED) is 0.762. The molecule has 0 saturated heterocycles. The van der Waals surface area contributed by atoms with Crippen LogP contribution in [0.5, 0.6) is 0 Å². The van der Waals surface area contributed by atoms with Gasteiger partial charge in [0.05, 0.1) is 12.1 Å². The van der Waals surface area contributed by atoms with Crippen molar-refractivity contribution in [3.05, 3.63) is 12.2 Å². The molecule has 0 bridgehead atoms. The van der Waals surface area contributed by atoms with Gasteiger partial charge in [-0.2, -0.15) is 0 Å². The second-order valence-corrected chi connectivity index (χ2v) is 5.93. The number of amides is 1. The van der Waals surface area contributed by atoms with Gasteiger partial charge in [-0.15, -0.1) is 0 Å². The van der Waals surface area contributed by atoms with Crippen molar-refractivity contribution in [2.75, 3.05) is 6.61 Å². The molecule has 0 aromatic carbocycles. The molecule has 4 heteroatoms. The molecule has 104 valence electrons. The first kappa shape index (κ1) is 15.0. The van der Waals surface area contributed by atoms with Gasteiger partial charge in [0.2, 0.25) is 0 Å². The van der Waals surface area contributed by atoms with Crippen molar-refractivity contribution in [1.82, 2.24) is 5.32 Å². The first-order valence-electron chi connectivity index (χ1n) is 6.67. The minimum Gasteiger partial charge on any atom is -0.444 e. The maximum Gasteiger partial charge on any atom is 0.408 e. The molecule has 2 N–H and O–H groups in total. The number of ether oxygens (including phenoxy) is 1. The topological polar surface area (TPSA) is 58.6 Å². The van der Waals surface area contributed by atoms with E-state index in [1.54, 1.807) is 6.08 Å². The van der Waals surface area contributed by atoms with Gasteiger partial charge in [-0.3, -0.25) is 0 Å². The second kappa shape index (κ2) is 6.23. The predicted molar refractivity (Wildman–Crippen MR) is 71.4 cm³/mol. The number of hydrogen-bond acceptors (Lipinski definition) is 3. The Morgan fingerprint density at radius 1 is 1.33 bits per heavy atom. The van der Waals surface area contributed by atoms with Gasteiger partial charge < -0.3 is 15.2 Å². The summed E-state index contributed by atoms with van der Waals surface area (Å²) in [5, 5.41) is 11.9. The van der Waals surface area contributed by atoms with Gasteiger partial charge >= 0.3 is 6.09 Å². The normalized spacial score (nSPS) is 19.8. The van der Waals surface area contributed by atoms with Crippen molar-refractivity contribution in [3.63, 3.8) is 0 Å². The van der Waals surface area contributed by atoms with E-state index in [0.29, 0.717) is 0 Å². The number of nitrogens with one attached hydrogen (secondary N) is 1. The van der Waals surface area contributed by atoms with E-state index >= 15 is 0 Å². The fourth-order valence-corrected chi connectivity index (χ4v) is 2.30. The van der Waals surface area contributed by atoms with Crippen molar-refractivity contribution < 1.29 is 14.6 Å². The lowest BCUT2D eigenvalue weighted by Crippen LogP contribution is -2.49. The van der Waals surface area contributed by atoms with Crippen LogP contribution in [0.2, 0.25) is 0 Å². The summed E-state index contributed by atoms with van der Waals surface area (Å²) in [5.74, 6) is 0. The van der Waals surface area contributed by atoms with Crippen LogP contribution in [0.15, 0.2) is 12.2 Å². The van der Waals surface area contributed by atoms with Gasteiger partial charge in [-0.25, -0.2) is 4.79 Å². The summed E-state index contributed by atoms with van der Waals surface area (Å²) in [6.45, 7) is 5.55. The highest BCUT2D eigenvalue weighted by Crippen LogP contribution is 2.29. The van der Waals surface area contributed by atoms with Crippen LogP contribution >= 0.6 is 0 Å². The van der Waals surface area contributed by atoms with E-state index in [0.717, 1.165) is 25.7 Å². The van der Waals surface area contributed by atoms with Crippen LogP contribution in [-0.4, -0.2) is 28.9 Å². The number of rotatable bonds is 3. The Balaban J connectivity index is 2.66. The molecule has 0 aromatic rings. The van der Waals surface area contributed by atoms with Crippen LogP contribution in [-0.2, 0) is 4.74 Å².